The average Bonchev–Trinajstić information content (AvgIpc) is 3.05. The molecule has 35 heavy (non-hydrogen) atoms. The molecule has 1 aromatic rings. The maximum Gasteiger partial charge on any atom is 0.167 e. The third-order valence-electron chi connectivity index (χ3n) is 12.5. The second-order valence-electron chi connectivity index (χ2n) is 14.4. The highest BCUT2D eigenvalue weighted by Gasteiger charge is 2.72. The van der Waals surface area contributed by atoms with Gasteiger partial charge in [-0.1, -0.05) is 71.9 Å². The van der Waals surface area contributed by atoms with Crippen LogP contribution in [0.15, 0.2) is 30.3 Å². The van der Waals surface area contributed by atoms with E-state index in [-0.39, 0.29) is 0 Å². The van der Waals surface area contributed by atoms with Gasteiger partial charge >= 0.3 is 0 Å². The smallest absolute Gasteiger partial charge is 0.167 e. The van der Waals surface area contributed by atoms with Crippen LogP contribution in [0.1, 0.15) is 105 Å². The minimum Gasteiger partial charge on any atom is -0.421 e. The third-order valence-corrected chi connectivity index (χ3v) is 14.7. The van der Waals surface area contributed by atoms with Gasteiger partial charge in [0.2, 0.25) is 0 Å². The highest BCUT2D eigenvalue weighted by molar-refractivity contribution is 6.32. The zero-order valence-corrected chi connectivity index (χ0v) is 24.6. The molecule has 0 saturated heterocycles. The highest BCUT2D eigenvalue weighted by atomic mass is 28.2. The third kappa shape index (κ3) is 3.75. The molecule has 196 valence electrons. The van der Waals surface area contributed by atoms with Crippen molar-refractivity contribution < 1.29 is 14.6 Å². The first kappa shape index (κ1) is 25.9. The lowest BCUT2D eigenvalue weighted by molar-refractivity contribution is -0.238. The molecule has 4 saturated carbocycles. The summed E-state index contributed by atoms with van der Waals surface area (Å²) in [6.45, 7) is 14.2. The molecule has 4 heteroatoms. The first-order valence-electron chi connectivity index (χ1n) is 14.5. The van der Waals surface area contributed by atoms with Crippen LogP contribution >= 0.6 is 0 Å². The van der Waals surface area contributed by atoms with Crippen molar-refractivity contribution in [1.82, 2.24) is 0 Å². The Hall–Kier alpha value is -0.683. The van der Waals surface area contributed by atoms with Crippen molar-refractivity contribution in [1.29, 1.82) is 0 Å². The standard InChI is InChI=1S/C31H50O3Si/c1-21(2)27(3,4)35-34-24-14-16-28(5)23(20-24)12-13-26-25(28)15-17-29(6)30(32,18-19-31(26,29)33)22-10-8-7-9-11-22/h7-11,21,23-26,32-33H,12-20,35H2,1-6H3/t23-,24+,25+,26-,28+,29-,30+,31+/m1/s1. The predicted molar refractivity (Wildman–Crippen MR) is 146 cm³/mol. The maximum absolute atomic E-state index is 12.5. The molecular formula is C31H50O3Si. The summed E-state index contributed by atoms with van der Waals surface area (Å²) in [5.74, 6) is 2.24. The molecule has 0 aliphatic heterocycles. The highest BCUT2D eigenvalue weighted by Crippen LogP contribution is 2.71. The van der Waals surface area contributed by atoms with E-state index in [9.17, 15) is 10.2 Å². The van der Waals surface area contributed by atoms with Gasteiger partial charge in [0.05, 0.1) is 11.2 Å². The molecule has 3 nitrogen and oxygen atoms in total. The Labute approximate surface area is 216 Å². The molecule has 0 spiro atoms. The molecule has 4 fully saturated rings. The van der Waals surface area contributed by atoms with Gasteiger partial charge in [-0.25, -0.2) is 0 Å². The van der Waals surface area contributed by atoms with E-state index < -0.39 is 26.4 Å². The van der Waals surface area contributed by atoms with Crippen molar-refractivity contribution in [2.75, 3.05) is 0 Å². The first-order valence-corrected chi connectivity index (χ1v) is 15.8. The number of hydrogen-bond acceptors (Lipinski definition) is 3. The fourth-order valence-electron chi connectivity index (χ4n) is 9.03. The maximum atomic E-state index is 12.5. The van der Waals surface area contributed by atoms with Crippen molar-refractivity contribution in [2.45, 2.75) is 122 Å². The number of rotatable bonds is 5. The topological polar surface area (TPSA) is 49.7 Å². The lowest BCUT2D eigenvalue weighted by Gasteiger charge is -2.64. The molecule has 0 unspecified atom stereocenters. The van der Waals surface area contributed by atoms with E-state index in [1.807, 2.05) is 18.2 Å². The number of hydrogen-bond donors (Lipinski definition) is 2. The van der Waals surface area contributed by atoms with Gasteiger partial charge in [0.15, 0.2) is 9.76 Å². The van der Waals surface area contributed by atoms with E-state index in [0.717, 1.165) is 31.2 Å². The summed E-state index contributed by atoms with van der Waals surface area (Å²) in [5.41, 5.74) is -0.924. The van der Waals surface area contributed by atoms with Crippen LogP contribution in [-0.4, -0.2) is 31.7 Å². The van der Waals surface area contributed by atoms with Gasteiger partial charge in [0.25, 0.3) is 0 Å². The van der Waals surface area contributed by atoms with Crippen LogP contribution in [0.4, 0.5) is 0 Å². The Kier molecular flexibility index (Phi) is 6.43. The second-order valence-corrected chi connectivity index (χ2v) is 16.8. The molecule has 5 rings (SSSR count). The molecule has 4 aliphatic rings. The quantitative estimate of drug-likeness (QED) is 0.465. The molecule has 0 heterocycles. The van der Waals surface area contributed by atoms with Gasteiger partial charge in [-0.15, -0.1) is 0 Å². The molecule has 0 aromatic heterocycles. The Balaban J connectivity index is 1.34. The summed E-state index contributed by atoms with van der Waals surface area (Å²) in [6.07, 6.45) is 9.80. The second kappa shape index (κ2) is 8.68. The molecule has 1 aromatic carbocycles. The van der Waals surface area contributed by atoms with Crippen LogP contribution in [0.25, 0.3) is 0 Å². The van der Waals surface area contributed by atoms with Crippen LogP contribution in [0.2, 0.25) is 5.04 Å². The molecule has 8 atom stereocenters. The number of benzene rings is 1. The van der Waals surface area contributed by atoms with E-state index in [0.29, 0.717) is 46.6 Å². The Morgan fingerprint density at radius 1 is 0.914 bits per heavy atom. The van der Waals surface area contributed by atoms with E-state index in [2.05, 4.69) is 53.7 Å². The van der Waals surface area contributed by atoms with Crippen molar-refractivity contribution in [3.63, 3.8) is 0 Å². The van der Waals surface area contributed by atoms with Crippen LogP contribution in [0.5, 0.6) is 0 Å². The number of fused-ring (bicyclic) bond motifs is 5. The summed E-state index contributed by atoms with van der Waals surface area (Å²) < 4.78 is 6.68. The van der Waals surface area contributed by atoms with E-state index in [4.69, 9.17) is 4.43 Å². The minimum atomic E-state index is -0.939. The zero-order chi connectivity index (χ0) is 25.3. The first-order chi connectivity index (χ1) is 16.4. The summed E-state index contributed by atoms with van der Waals surface area (Å²) in [4.78, 5) is 0. The Bertz CT molecular complexity index is 917. The molecule has 0 amide bonds. The van der Waals surface area contributed by atoms with Gasteiger partial charge in [-0.2, -0.15) is 0 Å². The molecule has 0 bridgehead atoms. The summed E-state index contributed by atoms with van der Waals surface area (Å²) in [5, 5.41) is 24.9. The van der Waals surface area contributed by atoms with Gasteiger partial charge < -0.3 is 14.6 Å². The normalized spacial score (nSPS) is 46.0. The largest absolute Gasteiger partial charge is 0.421 e. The van der Waals surface area contributed by atoms with E-state index >= 15 is 0 Å². The fourth-order valence-corrected chi connectivity index (χ4v) is 10.3. The van der Waals surface area contributed by atoms with Crippen molar-refractivity contribution >= 4 is 9.76 Å². The summed E-state index contributed by atoms with van der Waals surface area (Å²) in [6, 6.07) is 10.2. The van der Waals surface area contributed by atoms with Gasteiger partial charge in [-0.05, 0) is 97.5 Å². The predicted octanol–water partition coefficient (Wildman–Crippen LogP) is 6.36. The van der Waals surface area contributed by atoms with Gasteiger partial charge in [0.1, 0.15) is 0 Å². The summed E-state index contributed by atoms with van der Waals surface area (Å²) in [7, 11) is -0.564. The lowest BCUT2D eigenvalue weighted by Crippen LogP contribution is -2.64. The van der Waals surface area contributed by atoms with Crippen LogP contribution < -0.4 is 0 Å². The van der Waals surface area contributed by atoms with Crippen LogP contribution in [0, 0.1) is 34.5 Å². The van der Waals surface area contributed by atoms with Crippen molar-refractivity contribution in [3.8, 4) is 0 Å². The fraction of sp³-hybridized carbons (Fsp3) is 0.806. The summed E-state index contributed by atoms with van der Waals surface area (Å²) >= 11 is 0. The monoisotopic (exact) mass is 498 g/mol. The number of aliphatic hydroxyl groups is 2. The van der Waals surface area contributed by atoms with E-state index in [1.165, 1.54) is 25.7 Å². The van der Waals surface area contributed by atoms with Crippen molar-refractivity contribution in [3.05, 3.63) is 35.9 Å². The average molecular weight is 499 g/mol. The van der Waals surface area contributed by atoms with E-state index in [1.54, 1.807) is 0 Å². The zero-order valence-electron chi connectivity index (χ0n) is 23.1. The minimum absolute atomic E-state index is 0.294. The molecule has 4 aliphatic carbocycles. The Morgan fingerprint density at radius 2 is 1.63 bits per heavy atom. The molecular weight excluding hydrogens is 448 g/mol. The Morgan fingerprint density at radius 3 is 2.31 bits per heavy atom. The molecule has 2 N–H and O–H groups in total. The van der Waals surface area contributed by atoms with Gasteiger partial charge in [0, 0.05) is 11.5 Å². The van der Waals surface area contributed by atoms with Crippen LogP contribution in [-0.2, 0) is 10.0 Å². The van der Waals surface area contributed by atoms with Crippen LogP contribution in [0.3, 0.4) is 0 Å². The molecule has 0 radical (unpaired) electrons. The lowest BCUT2D eigenvalue weighted by atomic mass is 9.43. The van der Waals surface area contributed by atoms with Crippen molar-refractivity contribution in [2.24, 2.45) is 34.5 Å². The van der Waals surface area contributed by atoms with Gasteiger partial charge in [-0.3, -0.25) is 0 Å². The SMILES string of the molecule is CC(C)C(C)(C)[SiH2]O[C@H]1CC[C@@]2(C)[C@H](CC[C@@H]3[C@@H]2CC[C@]2(C)[C@@](O)(c4ccccc4)CC[C@]32O)C1.